The van der Waals surface area contributed by atoms with Gasteiger partial charge in [-0.2, -0.15) is 27.9 Å². The molecule has 0 unspecified atom stereocenters. The van der Waals surface area contributed by atoms with Gasteiger partial charge in [-0.3, -0.25) is 9.36 Å². The molecule has 0 radical (unpaired) electrons. The minimum absolute atomic E-state index is 0.0138. The molecule has 29 heavy (non-hydrogen) atoms. The molecular weight excluding hydrogens is 426 g/mol. The summed E-state index contributed by atoms with van der Waals surface area (Å²) in [6, 6.07) is 5.96. The van der Waals surface area contributed by atoms with Crippen molar-refractivity contribution in [3.8, 4) is 6.07 Å². The topological polar surface area (TPSA) is 98.1 Å². The van der Waals surface area contributed by atoms with Crippen molar-refractivity contribution in [2.45, 2.75) is 12.8 Å². The SMILES string of the molecule is CCOC(=O)C1=C(N)n2c(s/c(=C\c3ccsc3)c2=O)=C(C#N)[C@@H]1c1ccsc1. The maximum absolute atomic E-state index is 13.1. The van der Waals surface area contributed by atoms with E-state index in [9.17, 15) is 14.9 Å². The van der Waals surface area contributed by atoms with Crippen molar-refractivity contribution in [2.75, 3.05) is 6.61 Å². The van der Waals surface area contributed by atoms with Gasteiger partial charge in [-0.15, -0.1) is 11.3 Å². The van der Waals surface area contributed by atoms with Crippen LogP contribution in [0.25, 0.3) is 17.5 Å². The average molecular weight is 442 g/mol. The molecule has 2 N–H and O–H groups in total. The molecule has 1 atom stereocenters. The van der Waals surface area contributed by atoms with Crippen molar-refractivity contribution in [3.63, 3.8) is 0 Å². The third-order valence-electron chi connectivity index (χ3n) is 4.48. The normalized spacial score (nSPS) is 16.6. The second-order valence-electron chi connectivity index (χ2n) is 6.15. The molecule has 0 saturated carbocycles. The third kappa shape index (κ3) is 3.25. The Labute approximate surface area is 177 Å². The number of aromatic nitrogens is 1. The molecule has 1 aliphatic rings. The first-order valence-corrected chi connectivity index (χ1v) is 11.4. The van der Waals surface area contributed by atoms with E-state index in [0.29, 0.717) is 14.8 Å². The Hall–Kier alpha value is -2.93. The zero-order valence-electron chi connectivity index (χ0n) is 15.2. The lowest BCUT2D eigenvalue weighted by Gasteiger charge is -2.24. The molecule has 0 saturated heterocycles. The summed E-state index contributed by atoms with van der Waals surface area (Å²) in [5.74, 6) is -1.28. The predicted octanol–water partition coefficient (Wildman–Crippen LogP) is 2.02. The molecule has 146 valence electrons. The number of esters is 1. The highest BCUT2D eigenvalue weighted by Crippen LogP contribution is 2.37. The summed E-state index contributed by atoms with van der Waals surface area (Å²) < 4.78 is 7.36. The zero-order valence-corrected chi connectivity index (χ0v) is 17.7. The first-order valence-electron chi connectivity index (χ1n) is 8.66. The molecule has 6 nitrogen and oxygen atoms in total. The quantitative estimate of drug-likeness (QED) is 0.625. The largest absolute Gasteiger partial charge is 0.463 e. The van der Waals surface area contributed by atoms with Crippen molar-refractivity contribution in [3.05, 3.63) is 69.9 Å². The highest BCUT2D eigenvalue weighted by molar-refractivity contribution is 7.08. The third-order valence-corrected chi connectivity index (χ3v) is 6.99. The molecule has 0 bridgehead atoms. The molecule has 4 rings (SSSR count). The minimum Gasteiger partial charge on any atom is -0.463 e. The van der Waals surface area contributed by atoms with Gasteiger partial charge in [0.05, 0.1) is 34.3 Å². The Morgan fingerprint density at radius 3 is 2.72 bits per heavy atom. The van der Waals surface area contributed by atoms with E-state index in [-0.39, 0.29) is 23.6 Å². The number of rotatable bonds is 4. The van der Waals surface area contributed by atoms with Crippen LogP contribution in [0.3, 0.4) is 0 Å². The van der Waals surface area contributed by atoms with Gasteiger partial charge in [0, 0.05) is 0 Å². The molecule has 3 aromatic heterocycles. The predicted molar refractivity (Wildman–Crippen MR) is 116 cm³/mol. The van der Waals surface area contributed by atoms with Gasteiger partial charge in [0.2, 0.25) is 0 Å². The molecule has 3 aromatic rings. The van der Waals surface area contributed by atoms with Crippen LogP contribution >= 0.6 is 34.0 Å². The van der Waals surface area contributed by atoms with Crippen LogP contribution in [0.2, 0.25) is 0 Å². The number of nitrogens with two attached hydrogens (primary N) is 1. The van der Waals surface area contributed by atoms with E-state index >= 15 is 0 Å². The van der Waals surface area contributed by atoms with E-state index in [1.54, 1.807) is 13.0 Å². The van der Waals surface area contributed by atoms with Crippen molar-refractivity contribution in [1.29, 1.82) is 5.26 Å². The van der Waals surface area contributed by atoms with E-state index in [2.05, 4.69) is 6.07 Å². The first-order chi connectivity index (χ1) is 14.1. The van der Waals surface area contributed by atoms with Crippen LogP contribution in [0.5, 0.6) is 0 Å². The van der Waals surface area contributed by atoms with Crippen molar-refractivity contribution >= 4 is 57.4 Å². The number of nitriles is 1. The van der Waals surface area contributed by atoms with Crippen molar-refractivity contribution in [1.82, 2.24) is 4.57 Å². The summed E-state index contributed by atoms with van der Waals surface area (Å²) in [6.45, 7) is 1.86. The summed E-state index contributed by atoms with van der Waals surface area (Å²) in [6.07, 6.45) is 1.76. The number of hydrogen-bond donors (Lipinski definition) is 1. The van der Waals surface area contributed by atoms with Crippen LogP contribution in [-0.4, -0.2) is 17.1 Å². The van der Waals surface area contributed by atoms with Crippen molar-refractivity contribution in [2.24, 2.45) is 5.73 Å². The molecule has 4 heterocycles. The van der Waals surface area contributed by atoms with E-state index in [0.717, 1.165) is 11.1 Å². The Morgan fingerprint density at radius 1 is 1.34 bits per heavy atom. The van der Waals surface area contributed by atoms with E-state index in [4.69, 9.17) is 10.5 Å². The molecule has 1 aliphatic heterocycles. The number of carbonyl (C=O) groups is 1. The number of fused-ring (bicyclic) bond motifs is 1. The van der Waals surface area contributed by atoms with E-state index in [1.807, 2.05) is 33.7 Å². The van der Waals surface area contributed by atoms with E-state index in [1.165, 1.54) is 38.6 Å². The summed E-state index contributed by atoms with van der Waals surface area (Å²) in [4.78, 5) is 25.9. The smallest absolute Gasteiger partial charge is 0.338 e. The monoisotopic (exact) mass is 441 g/mol. The van der Waals surface area contributed by atoms with Gasteiger partial charge < -0.3 is 10.5 Å². The Morgan fingerprint density at radius 2 is 2.10 bits per heavy atom. The maximum Gasteiger partial charge on any atom is 0.338 e. The molecule has 0 amide bonds. The lowest BCUT2D eigenvalue weighted by molar-refractivity contribution is -0.138. The standard InChI is InChI=1S/C20H15N3O3S3/c1-2-26-20(25)16-15(12-4-6-28-10-12)13(8-21)19-23(17(16)22)18(24)14(29-19)7-11-3-5-27-9-11/h3-7,9-10,15H,2,22H2,1H3/b14-7-/t15-/m0/s1. The molecule has 0 aliphatic carbocycles. The first kappa shape index (κ1) is 19.4. The lowest BCUT2D eigenvalue weighted by Crippen LogP contribution is -2.40. The van der Waals surface area contributed by atoms with Gasteiger partial charge >= 0.3 is 5.97 Å². The number of thiazole rings is 1. The number of thiophene rings is 2. The van der Waals surface area contributed by atoms with Crippen LogP contribution in [0.15, 0.2) is 44.0 Å². The van der Waals surface area contributed by atoms with Gasteiger partial charge in [-0.05, 0) is 57.8 Å². The summed E-state index contributed by atoms with van der Waals surface area (Å²) in [7, 11) is 0. The second-order valence-corrected chi connectivity index (χ2v) is 8.74. The molecule has 0 spiro atoms. The second kappa shape index (κ2) is 7.83. The summed E-state index contributed by atoms with van der Waals surface area (Å²) >= 11 is 4.19. The van der Waals surface area contributed by atoms with Gasteiger partial charge in [0.1, 0.15) is 10.5 Å². The molecule has 0 aromatic carbocycles. The fraction of sp³-hybridized carbons (Fsp3) is 0.150. The Balaban J connectivity index is 2.08. The number of nitrogens with zero attached hydrogens (tertiary/aromatic N) is 2. The van der Waals surface area contributed by atoms with Gasteiger partial charge in [-0.25, -0.2) is 4.79 Å². The fourth-order valence-electron chi connectivity index (χ4n) is 3.24. The van der Waals surface area contributed by atoms with Crippen LogP contribution in [0.4, 0.5) is 0 Å². The lowest BCUT2D eigenvalue weighted by atomic mass is 9.85. The summed E-state index contributed by atoms with van der Waals surface area (Å²) in [5, 5.41) is 17.5. The number of carbonyl (C=O) groups excluding carboxylic acids is 1. The van der Waals surface area contributed by atoms with Crippen molar-refractivity contribution < 1.29 is 9.53 Å². The molecule has 0 fully saturated rings. The highest BCUT2D eigenvalue weighted by atomic mass is 32.1. The van der Waals surface area contributed by atoms with E-state index < -0.39 is 11.9 Å². The fourth-order valence-corrected chi connectivity index (χ4v) is 5.67. The Kier molecular flexibility index (Phi) is 5.24. The average Bonchev–Trinajstić information content (AvgIpc) is 3.45. The summed E-state index contributed by atoms with van der Waals surface area (Å²) in [5.41, 5.74) is 8.09. The number of hydrogen-bond acceptors (Lipinski definition) is 8. The van der Waals surface area contributed by atoms with Crippen LogP contribution in [-0.2, 0) is 9.53 Å². The molecular formula is C20H15N3O3S3. The maximum atomic E-state index is 13.1. The van der Waals surface area contributed by atoms with Gasteiger partial charge in [0.15, 0.2) is 0 Å². The van der Waals surface area contributed by atoms with Gasteiger partial charge in [-0.1, -0.05) is 0 Å². The van der Waals surface area contributed by atoms with Crippen LogP contribution in [0, 0.1) is 11.3 Å². The molecule has 9 heteroatoms. The minimum atomic E-state index is -0.669. The van der Waals surface area contributed by atoms with Crippen LogP contribution < -0.4 is 20.5 Å². The zero-order chi connectivity index (χ0) is 20.5. The van der Waals surface area contributed by atoms with Crippen LogP contribution in [0.1, 0.15) is 24.0 Å². The highest BCUT2D eigenvalue weighted by Gasteiger charge is 2.36. The Bertz CT molecular complexity index is 1320. The number of ether oxygens (including phenoxy) is 1. The van der Waals surface area contributed by atoms with Gasteiger partial charge in [0.25, 0.3) is 5.56 Å².